The van der Waals surface area contributed by atoms with Crippen LogP contribution in [0.3, 0.4) is 0 Å². The molecule has 1 amide bonds. The molecular weight excluding hydrogens is 304 g/mol. The van der Waals surface area contributed by atoms with E-state index in [9.17, 15) is 14.9 Å². The second-order valence-corrected chi connectivity index (χ2v) is 5.23. The monoisotopic (exact) mass is 318 g/mol. The lowest BCUT2D eigenvalue weighted by molar-refractivity contribution is 0.0963. The topological polar surface area (TPSA) is 98.6 Å². The molecule has 24 heavy (non-hydrogen) atoms. The highest BCUT2D eigenvalue weighted by Crippen LogP contribution is 2.21. The molecule has 0 unspecified atom stereocenters. The third-order valence-corrected chi connectivity index (χ3v) is 3.71. The minimum atomic E-state index is -1.06. The molecule has 0 aliphatic heterocycles. The van der Waals surface area contributed by atoms with Crippen molar-refractivity contribution in [2.45, 2.75) is 5.92 Å². The van der Waals surface area contributed by atoms with Crippen LogP contribution in [0.25, 0.3) is 11.0 Å². The van der Waals surface area contributed by atoms with Crippen LogP contribution in [0.5, 0.6) is 0 Å². The van der Waals surface area contributed by atoms with Gasteiger partial charge >= 0.3 is 0 Å². The molecule has 3 rings (SSSR count). The van der Waals surface area contributed by atoms with E-state index in [1.165, 1.54) is 13.1 Å². The van der Waals surface area contributed by atoms with Gasteiger partial charge in [0.25, 0.3) is 5.91 Å². The summed E-state index contributed by atoms with van der Waals surface area (Å²) in [5.41, 5.74) is 2.12. The maximum atomic E-state index is 12.7. The van der Waals surface area contributed by atoms with Crippen LogP contribution in [0.2, 0.25) is 0 Å². The standard InChI is InChI=1S/C18H14N4O2/c1-20-18(24)12-6-4-5-11(9-12)16(23)13(10-19)17-21-14-7-2-3-8-15(14)22-17/h2-9,13H,1H3,(H,20,24)(H,21,22)/t13-/m1/s1. The van der Waals surface area contributed by atoms with Crippen LogP contribution >= 0.6 is 0 Å². The predicted molar refractivity (Wildman–Crippen MR) is 88.6 cm³/mol. The number of aromatic amines is 1. The van der Waals surface area contributed by atoms with Gasteiger partial charge in [-0.15, -0.1) is 0 Å². The molecule has 2 N–H and O–H groups in total. The highest BCUT2D eigenvalue weighted by atomic mass is 16.1. The largest absolute Gasteiger partial charge is 0.355 e. The molecule has 0 fully saturated rings. The average Bonchev–Trinajstić information content (AvgIpc) is 3.05. The minimum absolute atomic E-state index is 0.290. The highest BCUT2D eigenvalue weighted by Gasteiger charge is 2.25. The fourth-order valence-electron chi connectivity index (χ4n) is 2.48. The van der Waals surface area contributed by atoms with Gasteiger partial charge < -0.3 is 10.3 Å². The average molecular weight is 318 g/mol. The van der Waals surface area contributed by atoms with Gasteiger partial charge in [-0.1, -0.05) is 24.3 Å². The number of Topliss-reactive ketones (excluding diaryl/α,β-unsaturated/α-hetero) is 1. The number of para-hydroxylation sites is 2. The van der Waals surface area contributed by atoms with Gasteiger partial charge in [0.15, 0.2) is 11.7 Å². The van der Waals surface area contributed by atoms with E-state index in [0.29, 0.717) is 22.5 Å². The van der Waals surface area contributed by atoms with Gasteiger partial charge in [0.1, 0.15) is 5.82 Å². The minimum Gasteiger partial charge on any atom is -0.355 e. The molecule has 0 aliphatic carbocycles. The van der Waals surface area contributed by atoms with E-state index in [0.717, 1.165) is 5.52 Å². The van der Waals surface area contributed by atoms with Crippen molar-refractivity contribution in [1.82, 2.24) is 15.3 Å². The smallest absolute Gasteiger partial charge is 0.251 e. The number of amides is 1. The molecule has 0 radical (unpaired) electrons. The van der Waals surface area contributed by atoms with Crippen LogP contribution in [0.15, 0.2) is 48.5 Å². The molecule has 0 bridgehead atoms. The first kappa shape index (κ1) is 15.4. The SMILES string of the molecule is CNC(=O)c1cccc(C(=O)[C@@H](C#N)c2nc3ccccc3[nH]2)c1. The van der Waals surface area contributed by atoms with E-state index in [1.807, 2.05) is 24.3 Å². The summed E-state index contributed by atoms with van der Waals surface area (Å²) in [5.74, 6) is -1.45. The van der Waals surface area contributed by atoms with Crippen molar-refractivity contribution in [1.29, 1.82) is 5.26 Å². The zero-order valence-electron chi connectivity index (χ0n) is 12.9. The van der Waals surface area contributed by atoms with Crippen molar-refractivity contribution < 1.29 is 9.59 Å². The molecule has 0 spiro atoms. The van der Waals surface area contributed by atoms with Crippen molar-refractivity contribution in [2.24, 2.45) is 0 Å². The van der Waals surface area contributed by atoms with Crippen molar-refractivity contribution >= 4 is 22.7 Å². The lowest BCUT2D eigenvalue weighted by atomic mass is 9.96. The Bertz CT molecular complexity index is 935. The van der Waals surface area contributed by atoms with Crippen LogP contribution in [-0.4, -0.2) is 28.7 Å². The number of hydrogen-bond donors (Lipinski definition) is 2. The molecular formula is C18H14N4O2. The number of nitrogens with one attached hydrogen (secondary N) is 2. The fourth-order valence-corrected chi connectivity index (χ4v) is 2.48. The normalized spacial score (nSPS) is 11.7. The molecule has 0 saturated heterocycles. The van der Waals surface area contributed by atoms with Crippen LogP contribution in [0.4, 0.5) is 0 Å². The van der Waals surface area contributed by atoms with E-state index in [1.54, 1.807) is 24.3 Å². The van der Waals surface area contributed by atoms with Crippen LogP contribution in [-0.2, 0) is 0 Å². The summed E-state index contributed by atoms with van der Waals surface area (Å²) in [5, 5.41) is 12.0. The number of aromatic nitrogens is 2. The van der Waals surface area contributed by atoms with Gasteiger partial charge in [0.05, 0.1) is 17.1 Å². The van der Waals surface area contributed by atoms with Gasteiger partial charge in [-0.05, 0) is 24.3 Å². The Kier molecular flexibility index (Phi) is 4.08. The van der Waals surface area contributed by atoms with Gasteiger partial charge in [0, 0.05) is 18.2 Å². The Morgan fingerprint density at radius 3 is 2.62 bits per heavy atom. The van der Waals surface area contributed by atoms with Gasteiger partial charge in [0.2, 0.25) is 0 Å². The number of carbonyl (C=O) groups is 2. The third kappa shape index (κ3) is 2.75. The fraction of sp³-hybridized carbons (Fsp3) is 0.111. The van der Waals surface area contributed by atoms with Gasteiger partial charge in [-0.2, -0.15) is 5.26 Å². The van der Waals surface area contributed by atoms with E-state index in [-0.39, 0.29) is 5.91 Å². The van der Waals surface area contributed by atoms with Crippen LogP contribution in [0.1, 0.15) is 32.5 Å². The first-order chi connectivity index (χ1) is 11.6. The van der Waals surface area contributed by atoms with Crippen LogP contribution < -0.4 is 5.32 Å². The summed E-state index contributed by atoms with van der Waals surface area (Å²) in [6.45, 7) is 0. The molecule has 1 atom stereocenters. The Hall–Kier alpha value is -3.46. The quantitative estimate of drug-likeness (QED) is 0.722. The summed E-state index contributed by atoms with van der Waals surface area (Å²) < 4.78 is 0. The van der Waals surface area contributed by atoms with Crippen molar-refractivity contribution in [3.8, 4) is 6.07 Å². The second-order valence-electron chi connectivity index (χ2n) is 5.23. The number of nitriles is 1. The summed E-state index contributed by atoms with van der Waals surface area (Å²) >= 11 is 0. The van der Waals surface area contributed by atoms with Crippen molar-refractivity contribution in [3.05, 3.63) is 65.5 Å². The Morgan fingerprint density at radius 1 is 1.17 bits per heavy atom. The van der Waals surface area contributed by atoms with E-state index < -0.39 is 11.7 Å². The van der Waals surface area contributed by atoms with E-state index in [2.05, 4.69) is 15.3 Å². The number of benzene rings is 2. The Morgan fingerprint density at radius 2 is 1.92 bits per heavy atom. The lowest BCUT2D eigenvalue weighted by Crippen LogP contribution is -2.19. The molecule has 2 aromatic carbocycles. The highest BCUT2D eigenvalue weighted by molar-refractivity contribution is 6.04. The zero-order valence-corrected chi connectivity index (χ0v) is 12.9. The second kappa shape index (κ2) is 6.34. The Balaban J connectivity index is 1.98. The molecule has 0 saturated carbocycles. The molecule has 6 heteroatoms. The number of fused-ring (bicyclic) bond motifs is 1. The maximum absolute atomic E-state index is 12.7. The Labute approximate surface area is 138 Å². The molecule has 118 valence electrons. The molecule has 1 aromatic heterocycles. The predicted octanol–water partition coefficient (Wildman–Crippen LogP) is 2.41. The zero-order chi connectivity index (χ0) is 17.1. The summed E-state index contributed by atoms with van der Waals surface area (Å²) in [6.07, 6.45) is 0. The number of carbonyl (C=O) groups excluding carboxylic acids is 2. The number of nitrogens with zero attached hydrogens (tertiary/aromatic N) is 2. The van der Waals surface area contributed by atoms with E-state index in [4.69, 9.17) is 0 Å². The molecule has 6 nitrogen and oxygen atoms in total. The number of hydrogen-bond acceptors (Lipinski definition) is 4. The number of imidazole rings is 1. The van der Waals surface area contributed by atoms with Crippen molar-refractivity contribution in [3.63, 3.8) is 0 Å². The summed E-state index contributed by atoms with van der Waals surface area (Å²) in [4.78, 5) is 31.7. The number of rotatable bonds is 4. The van der Waals surface area contributed by atoms with Gasteiger partial charge in [-0.25, -0.2) is 4.98 Å². The maximum Gasteiger partial charge on any atom is 0.251 e. The third-order valence-electron chi connectivity index (χ3n) is 3.71. The first-order valence-corrected chi connectivity index (χ1v) is 7.34. The summed E-state index contributed by atoms with van der Waals surface area (Å²) in [6, 6.07) is 15.6. The van der Waals surface area contributed by atoms with Crippen LogP contribution in [0, 0.1) is 11.3 Å². The van der Waals surface area contributed by atoms with Crippen molar-refractivity contribution in [2.75, 3.05) is 7.05 Å². The van der Waals surface area contributed by atoms with E-state index >= 15 is 0 Å². The number of H-pyrrole nitrogens is 1. The van der Waals surface area contributed by atoms with Gasteiger partial charge in [-0.3, -0.25) is 9.59 Å². The lowest BCUT2D eigenvalue weighted by Gasteiger charge is -2.07. The first-order valence-electron chi connectivity index (χ1n) is 7.34. The number of ketones is 1. The molecule has 3 aromatic rings. The molecule has 1 heterocycles. The summed E-state index contributed by atoms with van der Waals surface area (Å²) in [7, 11) is 1.52. The molecule has 0 aliphatic rings.